The quantitative estimate of drug-likeness (QED) is 0.296. The van der Waals surface area contributed by atoms with Crippen LogP contribution in [0.1, 0.15) is 12.5 Å². The predicted octanol–water partition coefficient (Wildman–Crippen LogP) is 4.74. The van der Waals surface area contributed by atoms with Crippen LogP contribution in [0, 0.1) is 0 Å². The third kappa shape index (κ3) is 5.41. The molecule has 1 aliphatic rings. The van der Waals surface area contributed by atoms with E-state index < -0.39 is 10.0 Å². The number of nitrogens with one attached hydrogen (secondary N) is 1. The van der Waals surface area contributed by atoms with Crippen LogP contribution in [0.5, 0.6) is 5.75 Å². The van der Waals surface area contributed by atoms with E-state index in [1.165, 1.54) is 0 Å². The minimum atomic E-state index is -3.18. The lowest BCUT2D eigenvalue weighted by Gasteiger charge is -2.34. The van der Waals surface area contributed by atoms with E-state index in [-0.39, 0.29) is 5.75 Å². The molecule has 204 valence electrons. The van der Waals surface area contributed by atoms with Crippen molar-refractivity contribution in [3.63, 3.8) is 0 Å². The zero-order valence-electron chi connectivity index (χ0n) is 22.2. The molecule has 1 N–H and O–H groups in total. The summed E-state index contributed by atoms with van der Waals surface area (Å²) >= 11 is 0. The van der Waals surface area contributed by atoms with Crippen LogP contribution in [0.3, 0.4) is 0 Å². The number of H-pyrrole nitrogens is 1. The summed E-state index contributed by atoms with van der Waals surface area (Å²) in [4.78, 5) is 19.4. The Bertz CT molecular complexity index is 1720. The molecular weight excluding hydrogens is 524 g/mol. The van der Waals surface area contributed by atoms with Gasteiger partial charge in [-0.2, -0.15) is 4.31 Å². The highest BCUT2D eigenvalue weighted by molar-refractivity contribution is 7.89. The zero-order chi connectivity index (χ0) is 27.5. The van der Waals surface area contributed by atoms with Gasteiger partial charge in [-0.05, 0) is 48.9 Å². The molecule has 0 saturated carbocycles. The maximum atomic E-state index is 12.2. The van der Waals surface area contributed by atoms with Gasteiger partial charge in [0.2, 0.25) is 10.0 Å². The first kappa shape index (κ1) is 26.0. The molecule has 3 aromatic heterocycles. The molecule has 40 heavy (non-hydrogen) atoms. The van der Waals surface area contributed by atoms with E-state index in [0.29, 0.717) is 44.3 Å². The van der Waals surface area contributed by atoms with E-state index in [4.69, 9.17) is 14.7 Å². The van der Waals surface area contributed by atoms with Gasteiger partial charge in [0.05, 0.1) is 11.3 Å². The van der Waals surface area contributed by atoms with Crippen molar-refractivity contribution in [2.24, 2.45) is 0 Å². The lowest BCUT2D eigenvalue weighted by Crippen LogP contribution is -2.49. The number of ether oxygens (including phenoxy) is 1. The van der Waals surface area contributed by atoms with Gasteiger partial charge in [0.1, 0.15) is 24.0 Å². The van der Waals surface area contributed by atoms with Crippen molar-refractivity contribution in [1.82, 2.24) is 24.2 Å². The molecule has 0 aliphatic carbocycles. The molecule has 5 aromatic rings. The van der Waals surface area contributed by atoms with E-state index in [0.717, 1.165) is 39.3 Å². The van der Waals surface area contributed by atoms with Crippen molar-refractivity contribution in [2.45, 2.75) is 13.5 Å². The molecule has 0 atom stereocenters. The summed E-state index contributed by atoms with van der Waals surface area (Å²) in [5.74, 6) is 2.38. The summed E-state index contributed by atoms with van der Waals surface area (Å²) in [6, 6.07) is 24.0. The summed E-state index contributed by atoms with van der Waals surface area (Å²) < 4.78 is 32.2. The van der Waals surface area contributed by atoms with Gasteiger partial charge in [-0.25, -0.2) is 18.4 Å². The number of sulfonamides is 1. The van der Waals surface area contributed by atoms with Crippen LogP contribution in [0.2, 0.25) is 0 Å². The first-order valence-corrected chi connectivity index (χ1v) is 14.9. The Morgan fingerprint density at radius 1 is 0.900 bits per heavy atom. The van der Waals surface area contributed by atoms with Crippen molar-refractivity contribution < 1.29 is 13.2 Å². The van der Waals surface area contributed by atoms with Gasteiger partial charge in [-0.1, -0.05) is 36.4 Å². The maximum Gasteiger partial charge on any atom is 0.213 e. The number of piperazine rings is 1. The smallest absolute Gasteiger partial charge is 0.213 e. The molecule has 0 spiro atoms. The number of benzene rings is 2. The second-order valence-corrected chi connectivity index (χ2v) is 11.9. The minimum Gasteiger partial charge on any atom is -0.488 e. The maximum absolute atomic E-state index is 12.2. The molecule has 1 fully saturated rings. The molecular formula is C30H30N6O3S. The van der Waals surface area contributed by atoms with Crippen molar-refractivity contribution in [2.75, 3.05) is 36.8 Å². The van der Waals surface area contributed by atoms with Gasteiger partial charge in [0.25, 0.3) is 0 Å². The molecule has 0 amide bonds. The van der Waals surface area contributed by atoms with E-state index in [1.807, 2.05) is 72.9 Å². The summed E-state index contributed by atoms with van der Waals surface area (Å²) in [5, 5.41) is 0. The summed E-state index contributed by atoms with van der Waals surface area (Å²) in [5.41, 5.74) is 5.32. The van der Waals surface area contributed by atoms with Gasteiger partial charge < -0.3 is 14.6 Å². The van der Waals surface area contributed by atoms with E-state index in [9.17, 15) is 8.42 Å². The first-order valence-electron chi connectivity index (χ1n) is 13.3. The largest absolute Gasteiger partial charge is 0.488 e. The van der Waals surface area contributed by atoms with Crippen molar-refractivity contribution in [3.8, 4) is 28.3 Å². The van der Waals surface area contributed by atoms with E-state index in [1.54, 1.807) is 17.4 Å². The second-order valence-electron chi connectivity index (χ2n) is 9.64. The highest BCUT2D eigenvalue weighted by Gasteiger charge is 2.26. The van der Waals surface area contributed by atoms with Crippen LogP contribution in [0.25, 0.3) is 33.7 Å². The molecule has 10 heteroatoms. The minimum absolute atomic E-state index is 0.121. The lowest BCUT2D eigenvalue weighted by atomic mass is 10.0. The number of fused-ring (bicyclic) bond motifs is 1. The third-order valence-electron chi connectivity index (χ3n) is 7.11. The number of hydrogen-bond acceptors (Lipinski definition) is 7. The first-order chi connectivity index (χ1) is 19.5. The molecule has 4 heterocycles. The van der Waals surface area contributed by atoms with Crippen LogP contribution in [-0.2, 0) is 16.6 Å². The Morgan fingerprint density at radius 3 is 2.48 bits per heavy atom. The lowest BCUT2D eigenvalue weighted by molar-refractivity contribution is 0.307. The van der Waals surface area contributed by atoms with Crippen molar-refractivity contribution >= 4 is 27.0 Å². The standard InChI is InChI=1S/C30H30N6O3S/c1-2-40(37,38)36-17-15-35(16-18-36)28-13-11-26-30(33-28)34-29(32-26)23-10-12-27(39-21-22-7-4-3-5-8-22)25(19-23)24-9-6-14-31-20-24/h3-14,19-20H,2,15-18,21H2,1H3,(H,32,33,34). The fourth-order valence-corrected chi connectivity index (χ4v) is 5.94. The van der Waals surface area contributed by atoms with E-state index >= 15 is 0 Å². The monoisotopic (exact) mass is 554 g/mol. The van der Waals surface area contributed by atoms with Gasteiger partial charge in [-0.15, -0.1) is 0 Å². The third-order valence-corrected chi connectivity index (χ3v) is 9.00. The summed E-state index contributed by atoms with van der Waals surface area (Å²) in [7, 11) is -3.18. The summed E-state index contributed by atoms with van der Waals surface area (Å²) in [6.45, 7) is 4.23. The predicted molar refractivity (Wildman–Crippen MR) is 157 cm³/mol. The number of rotatable bonds is 8. The van der Waals surface area contributed by atoms with Gasteiger partial charge in [-0.3, -0.25) is 4.98 Å². The molecule has 0 unspecified atom stereocenters. The Morgan fingerprint density at radius 2 is 1.73 bits per heavy atom. The van der Waals surface area contributed by atoms with Crippen LogP contribution >= 0.6 is 0 Å². The summed E-state index contributed by atoms with van der Waals surface area (Å²) in [6.07, 6.45) is 3.58. The Kier molecular flexibility index (Phi) is 7.19. The zero-order valence-corrected chi connectivity index (χ0v) is 23.0. The van der Waals surface area contributed by atoms with Crippen LogP contribution in [0.4, 0.5) is 5.82 Å². The number of imidazole rings is 1. The van der Waals surface area contributed by atoms with Crippen LogP contribution in [-0.4, -0.2) is 64.6 Å². The number of aromatic nitrogens is 4. The molecule has 9 nitrogen and oxygen atoms in total. The highest BCUT2D eigenvalue weighted by Crippen LogP contribution is 2.34. The fourth-order valence-electron chi connectivity index (χ4n) is 4.86. The molecule has 6 rings (SSSR count). The Balaban J connectivity index is 1.26. The normalized spacial score (nSPS) is 14.5. The average molecular weight is 555 g/mol. The molecule has 0 bridgehead atoms. The average Bonchev–Trinajstić information content (AvgIpc) is 3.45. The van der Waals surface area contributed by atoms with Gasteiger partial charge >= 0.3 is 0 Å². The molecule has 1 aliphatic heterocycles. The number of anilines is 1. The fraction of sp³-hybridized carbons (Fsp3) is 0.233. The highest BCUT2D eigenvalue weighted by atomic mass is 32.2. The van der Waals surface area contributed by atoms with Crippen LogP contribution in [0.15, 0.2) is 85.2 Å². The Labute approximate surface area is 233 Å². The van der Waals surface area contributed by atoms with Crippen LogP contribution < -0.4 is 9.64 Å². The SMILES string of the molecule is CCS(=O)(=O)N1CCN(c2ccc3[nH]c(-c4ccc(OCc5ccccc5)c(-c5cccnc5)c4)nc3n2)CC1. The number of nitrogens with zero attached hydrogens (tertiary/aromatic N) is 5. The number of aromatic amines is 1. The molecule has 2 aromatic carbocycles. The number of pyridine rings is 2. The van der Waals surface area contributed by atoms with Crippen molar-refractivity contribution in [1.29, 1.82) is 0 Å². The van der Waals surface area contributed by atoms with Gasteiger partial charge in [0, 0.05) is 55.3 Å². The Hall–Kier alpha value is -4.28. The topological polar surface area (TPSA) is 104 Å². The van der Waals surface area contributed by atoms with E-state index in [2.05, 4.69) is 20.9 Å². The van der Waals surface area contributed by atoms with Crippen molar-refractivity contribution in [3.05, 3.63) is 90.8 Å². The molecule has 0 radical (unpaired) electrons. The molecule has 1 saturated heterocycles. The van der Waals surface area contributed by atoms with Gasteiger partial charge in [0.15, 0.2) is 5.65 Å². The number of hydrogen-bond donors (Lipinski definition) is 1. The second kappa shape index (κ2) is 11.1.